The van der Waals surface area contributed by atoms with E-state index in [1.54, 1.807) is 24.3 Å². The number of ether oxygens (including phenoxy) is 2. The van der Waals surface area contributed by atoms with E-state index in [1.807, 2.05) is 37.3 Å². The first-order chi connectivity index (χ1) is 11.6. The van der Waals surface area contributed by atoms with Gasteiger partial charge in [0.05, 0.1) is 6.61 Å². The number of hydrogen-bond donors (Lipinski definition) is 0. The molecule has 2 aromatic rings. The Morgan fingerprint density at radius 3 is 2.54 bits per heavy atom. The number of ketones is 1. The van der Waals surface area contributed by atoms with Crippen LogP contribution in [0.25, 0.3) is 6.08 Å². The highest BCUT2D eigenvalue weighted by Gasteiger charge is 2.11. The standard InChI is InChI=1S/C19H17BrO4/c1-2-23-18-10-6-3-7-14(18)11-12-19(22)24-13-17(21)15-8-4-5-9-16(15)20/h3-12H,2,13H2,1H3/b12-11+. The first-order valence-corrected chi connectivity index (χ1v) is 8.25. The summed E-state index contributed by atoms with van der Waals surface area (Å²) in [5.41, 5.74) is 1.25. The molecule has 0 bridgehead atoms. The molecule has 0 radical (unpaired) electrons. The third-order valence-corrected chi connectivity index (χ3v) is 3.83. The molecule has 0 atom stereocenters. The SMILES string of the molecule is CCOc1ccccc1/C=C/C(=O)OCC(=O)c1ccccc1Br. The molecule has 0 saturated heterocycles. The van der Waals surface area contributed by atoms with Gasteiger partial charge in [0.25, 0.3) is 0 Å². The van der Waals surface area contributed by atoms with Crippen LogP contribution in [0.2, 0.25) is 0 Å². The minimum atomic E-state index is -0.582. The highest BCUT2D eigenvalue weighted by Crippen LogP contribution is 2.19. The van der Waals surface area contributed by atoms with E-state index in [0.717, 1.165) is 5.56 Å². The zero-order valence-corrected chi connectivity index (χ0v) is 14.8. The van der Waals surface area contributed by atoms with Gasteiger partial charge >= 0.3 is 5.97 Å². The third-order valence-electron chi connectivity index (χ3n) is 3.14. The molecule has 0 heterocycles. The van der Waals surface area contributed by atoms with Crippen molar-refractivity contribution in [3.8, 4) is 5.75 Å². The number of benzene rings is 2. The van der Waals surface area contributed by atoms with Crippen LogP contribution in [-0.4, -0.2) is 25.0 Å². The second-order valence-corrected chi connectivity index (χ2v) is 5.67. The predicted molar refractivity (Wildman–Crippen MR) is 96.1 cm³/mol. The molecule has 0 spiro atoms. The minimum absolute atomic E-state index is 0.265. The summed E-state index contributed by atoms with van der Waals surface area (Å²) in [5, 5.41) is 0. The molecule has 0 amide bonds. The molecule has 24 heavy (non-hydrogen) atoms. The lowest BCUT2D eigenvalue weighted by Gasteiger charge is -2.06. The number of rotatable bonds is 7. The van der Waals surface area contributed by atoms with E-state index in [-0.39, 0.29) is 12.4 Å². The van der Waals surface area contributed by atoms with Crippen molar-refractivity contribution < 1.29 is 19.1 Å². The number of Topliss-reactive ketones (excluding diaryl/α,β-unsaturated/α-hetero) is 1. The number of carbonyl (C=O) groups excluding carboxylic acids is 2. The highest BCUT2D eigenvalue weighted by molar-refractivity contribution is 9.10. The van der Waals surface area contributed by atoms with Crippen molar-refractivity contribution in [1.29, 1.82) is 0 Å². The first kappa shape index (κ1) is 17.9. The van der Waals surface area contributed by atoms with Gasteiger partial charge in [0.15, 0.2) is 6.61 Å². The number of para-hydroxylation sites is 1. The van der Waals surface area contributed by atoms with Gasteiger partial charge in [-0.3, -0.25) is 4.79 Å². The van der Waals surface area contributed by atoms with Gasteiger partial charge in [0.2, 0.25) is 5.78 Å². The maximum Gasteiger partial charge on any atom is 0.331 e. The Morgan fingerprint density at radius 2 is 1.79 bits per heavy atom. The van der Waals surface area contributed by atoms with E-state index in [2.05, 4.69) is 15.9 Å². The number of hydrogen-bond acceptors (Lipinski definition) is 4. The summed E-state index contributed by atoms with van der Waals surface area (Å²) in [6.45, 7) is 2.12. The summed E-state index contributed by atoms with van der Waals surface area (Å²) in [6, 6.07) is 14.4. The largest absolute Gasteiger partial charge is 0.493 e. The molecule has 2 rings (SSSR count). The molecular weight excluding hydrogens is 372 g/mol. The van der Waals surface area contributed by atoms with Crippen LogP contribution in [0.3, 0.4) is 0 Å². The van der Waals surface area contributed by atoms with E-state index < -0.39 is 5.97 Å². The normalized spacial score (nSPS) is 10.6. The average molecular weight is 389 g/mol. The topological polar surface area (TPSA) is 52.6 Å². The Labute approximate surface area is 149 Å². The summed E-state index contributed by atoms with van der Waals surface area (Å²) in [5.74, 6) is -0.158. The Balaban J connectivity index is 1.94. The maximum atomic E-state index is 12.0. The van der Waals surface area contributed by atoms with Crippen LogP contribution in [-0.2, 0) is 9.53 Å². The Morgan fingerprint density at radius 1 is 1.08 bits per heavy atom. The van der Waals surface area contributed by atoms with Crippen LogP contribution in [0.1, 0.15) is 22.8 Å². The summed E-state index contributed by atoms with van der Waals surface area (Å²) in [4.78, 5) is 23.8. The Hall–Kier alpha value is -2.40. The van der Waals surface area contributed by atoms with Crippen molar-refractivity contribution >= 4 is 33.8 Å². The molecule has 4 nitrogen and oxygen atoms in total. The molecule has 0 N–H and O–H groups in total. The van der Waals surface area contributed by atoms with Gasteiger partial charge in [-0.05, 0) is 25.1 Å². The van der Waals surface area contributed by atoms with Gasteiger partial charge < -0.3 is 9.47 Å². The van der Waals surface area contributed by atoms with Crippen LogP contribution in [0.4, 0.5) is 0 Å². The van der Waals surface area contributed by atoms with Crippen molar-refractivity contribution in [2.45, 2.75) is 6.92 Å². The van der Waals surface area contributed by atoms with Crippen molar-refractivity contribution in [3.05, 3.63) is 70.2 Å². The van der Waals surface area contributed by atoms with Crippen molar-refractivity contribution in [1.82, 2.24) is 0 Å². The van der Waals surface area contributed by atoms with Gasteiger partial charge in [0.1, 0.15) is 5.75 Å². The fraction of sp³-hybridized carbons (Fsp3) is 0.158. The molecule has 5 heteroatoms. The minimum Gasteiger partial charge on any atom is -0.493 e. The van der Waals surface area contributed by atoms with Crippen LogP contribution in [0.15, 0.2) is 59.1 Å². The number of halogens is 1. The molecule has 124 valence electrons. The van der Waals surface area contributed by atoms with E-state index in [4.69, 9.17) is 9.47 Å². The lowest BCUT2D eigenvalue weighted by Crippen LogP contribution is -2.13. The highest BCUT2D eigenvalue weighted by atomic mass is 79.9. The summed E-state index contributed by atoms with van der Waals surface area (Å²) in [7, 11) is 0. The average Bonchev–Trinajstić information content (AvgIpc) is 2.59. The zero-order valence-electron chi connectivity index (χ0n) is 13.2. The van der Waals surface area contributed by atoms with Gasteiger partial charge in [-0.15, -0.1) is 0 Å². The molecule has 2 aromatic carbocycles. The van der Waals surface area contributed by atoms with E-state index in [0.29, 0.717) is 22.4 Å². The quantitative estimate of drug-likeness (QED) is 0.403. The third kappa shape index (κ3) is 5.06. The van der Waals surface area contributed by atoms with Gasteiger partial charge in [-0.1, -0.05) is 52.3 Å². The lowest BCUT2D eigenvalue weighted by molar-refractivity contribution is -0.136. The number of esters is 1. The summed E-state index contributed by atoms with van der Waals surface area (Å²) in [6.07, 6.45) is 2.89. The molecule has 0 aliphatic rings. The van der Waals surface area contributed by atoms with E-state index >= 15 is 0 Å². The molecule has 0 fully saturated rings. The van der Waals surface area contributed by atoms with Crippen LogP contribution >= 0.6 is 15.9 Å². The fourth-order valence-electron chi connectivity index (χ4n) is 2.01. The van der Waals surface area contributed by atoms with E-state index in [9.17, 15) is 9.59 Å². The van der Waals surface area contributed by atoms with Crippen molar-refractivity contribution in [3.63, 3.8) is 0 Å². The van der Waals surface area contributed by atoms with E-state index in [1.165, 1.54) is 6.08 Å². The lowest BCUT2D eigenvalue weighted by atomic mass is 10.1. The Bertz CT molecular complexity index is 753. The molecular formula is C19H17BrO4. The van der Waals surface area contributed by atoms with Crippen LogP contribution < -0.4 is 4.74 Å². The second-order valence-electron chi connectivity index (χ2n) is 4.81. The zero-order chi connectivity index (χ0) is 17.4. The fourth-order valence-corrected chi connectivity index (χ4v) is 2.52. The molecule has 0 aromatic heterocycles. The molecule has 0 saturated carbocycles. The maximum absolute atomic E-state index is 12.0. The molecule has 0 aliphatic carbocycles. The first-order valence-electron chi connectivity index (χ1n) is 7.46. The van der Waals surface area contributed by atoms with Crippen molar-refractivity contribution in [2.75, 3.05) is 13.2 Å². The summed E-state index contributed by atoms with van der Waals surface area (Å²) >= 11 is 3.30. The van der Waals surface area contributed by atoms with Gasteiger partial charge in [0, 0.05) is 21.7 Å². The molecule has 0 aliphatic heterocycles. The van der Waals surface area contributed by atoms with Gasteiger partial charge in [-0.2, -0.15) is 0 Å². The second kappa shape index (κ2) is 9.03. The molecule has 0 unspecified atom stereocenters. The van der Waals surface area contributed by atoms with Crippen LogP contribution in [0, 0.1) is 0 Å². The van der Waals surface area contributed by atoms with Crippen LogP contribution in [0.5, 0.6) is 5.75 Å². The predicted octanol–water partition coefficient (Wildman–Crippen LogP) is 4.29. The Kier molecular flexibility index (Phi) is 6.75. The number of carbonyl (C=O) groups is 2. The summed E-state index contributed by atoms with van der Waals surface area (Å²) < 4.78 is 11.1. The smallest absolute Gasteiger partial charge is 0.331 e. The van der Waals surface area contributed by atoms with Gasteiger partial charge in [-0.25, -0.2) is 4.79 Å². The monoisotopic (exact) mass is 388 g/mol. The van der Waals surface area contributed by atoms with Crippen molar-refractivity contribution in [2.24, 2.45) is 0 Å².